The van der Waals surface area contributed by atoms with Gasteiger partial charge in [0.1, 0.15) is 0 Å². The summed E-state index contributed by atoms with van der Waals surface area (Å²) in [6.07, 6.45) is 0. The average molecular weight is 515 g/mol. The zero-order valence-corrected chi connectivity index (χ0v) is 17.7. The summed E-state index contributed by atoms with van der Waals surface area (Å²) >= 11 is 19.5. The molecule has 0 radical (unpaired) electrons. The highest BCUT2D eigenvalue weighted by Gasteiger charge is 2.43. The van der Waals surface area contributed by atoms with Crippen LogP contribution in [0.1, 0.15) is 0 Å². The van der Waals surface area contributed by atoms with E-state index in [2.05, 4.69) is 26.0 Å². The first-order chi connectivity index (χ1) is 11.3. The lowest BCUT2D eigenvalue weighted by molar-refractivity contribution is -0.120. The van der Waals surface area contributed by atoms with Gasteiger partial charge in [-0.1, -0.05) is 50.7 Å². The second-order valence-corrected chi connectivity index (χ2v) is 12.4. The Balaban J connectivity index is 2.23. The van der Waals surface area contributed by atoms with Gasteiger partial charge in [-0.25, -0.2) is 21.6 Å². The Labute approximate surface area is 168 Å². The number of sulfonamides is 1. The molecule has 2 rings (SSSR count). The lowest BCUT2D eigenvalue weighted by Crippen LogP contribution is -2.53. The van der Waals surface area contributed by atoms with Crippen molar-refractivity contribution in [3.05, 3.63) is 28.7 Å². The SMILES string of the molecule is O=C(N[C@H]1CS(=O)(=O)C[C@H]1NS(=O)(=O)c1ccc(Br)cc1)C(Cl)(Cl)Cl. The fraction of sp³-hybridized carbons (Fsp3) is 0.417. The van der Waals surface area contributed by atoms with Crippen LogP contribution < -0.4 is 10.0 Å². The molecule has 1 fully saturated rings. The molecule has 2 N–H and O–H groups in total. The normalized spacial score (nSPS) is 23.4. The molecule has 1 heterocycles. The van der Waals surface area contributed by atoms with Crippen molar-refractivity contribution in [2.45, 2.75) is 20.8 Å². The minimum absolute atomic E-state index is 0.0496. The molecule has 7 nitrogen and oxygen atoms in total. The number of halogens is 4. The quantitative estimate of drug-likeness (QED) is 0.590. The standard InChI is InChI=1S/C12H12BrCl3N2O5S2/c13-7-1-3-8(4-2-7)25(22,23)18-10-6-24(20,21)5-9(10)17-11(19)12(14,15)16/h1-4,9-10,18H,5-6H2,(H,17,19)/t9-,10+/m0/s1. The monoisotopic (exact) mass is 512 g/mol. The fourth-order valence-corrected chi connectivity index (χ4v) is 5.91. The summed E-state index contributed by atoms with van der Waals surface area (Å²) in [5.41, 5.74) is 0. The Bertz CT molecular complexity index is 869. The molecule has 0 aliphatic carbocycles. The van der Waals surface area contributed by atoms with Gasteiger partial charge in [-0.05, 0) is 24.3 Å². The molecular formula is C12H12BrCl3N2O5S2. The zero-order chi connectivity index (χ0) is 19.0. The molecule has 1 aromatic rings. The fourth-order valence-electron chi connectivity index (χ4n) is 2.24. The average Bonchev–Trinajstić information content (AvgIpc) is 2.71. The Hall–Kier alpha value is -0.100. The molecule has 0 bridgehead atoms. The molecule has 2 atom stereocenters. The van der Waals surface area contributed by atoms with Crippen LogP contribution in [0.5, 0.6) is 0 Å². The van der Waals surface area contributed by atoms with Gasteiger partial charge in [0.05, 0.1) is 28.5 Å². The summed E-state index contributed by atoms with van der Waals surface area (Å²) in [5.74, 6) is -1.98. The van der Waals surface area contributed by atoms with Crippen molar-refractivity contribution in [2.75, 3.05) is 11.5 Å². The zero-order valence-electron chi connectivity index (χ0n) is 12.2. The van der Waals surface area contributed by atoms with Crippen LogP contribution in [0, 0.1) is 0 Å². The number of rotatable bonds is 4. The summed E-state index contributed by atoms with van der Waals surface area (Å²) in [4.78, 5) is 11.7. The molecule has 0 aromatic heterocycles. The number of sulfone groups is 1. The molecular weight excluding hydrogens is 503 g/mol. The molecule has 25 heavy (non-hydrogen) atoms. The first-order valence-corrected chi connectivity index (χ1v) is 11.9. The molecule has 0 unspecified atom stereocenters. The van der Waals surface area contributed by atoms with E-state index in [0.29, 0.717) is 4.47 Å². The largest absolute Gasteiger partial charge is 0.347 e. The highest BCUT2D eigenvalue weighted by Crippen LogP contribution is 2.27. The van der Waals surface area contributed by atoms with Gasteiger partial charge in [-0.3, -0.25) is 4.79 Å². The van der Waals surface area contributed by atoms with Crippen molar-refractivity contribution in [3.8, 4) is 0 Å². The van der Waals surface area contributed by atoms with E-state index in [1.807, 2.05) is 0 Å². The van der Waals surface area contributed by atoms with Crippen LogP contribution in [0.25, 0.3) is 0 Å². The maximum atomic E-state index is 12.4. The number of hydrogen-bond acceptors (Lipinski definition) is 5. The minimum Gasteiger partial charge on any atom is -0.347 e. The van der Waals surface area contributed by atoms with Crippen molar-refractivity contribution < 1.29 is 21.6 Å². The molecule has 1 aliphatic rings. The van der Waals surface area contributed by atoms with Crippen molar-refractivity contribution in [3.63, 3.8) is 0 Å². The summed E-state index contributed by atoms with van der Waals surface area (Å²) in [6.45, 7) is 0. The first kappa shape index (κ1) is 21.2. The minimum atomic E-state index is -4.00. The number of benzene rings is 1. The van der Waals surface area contributed by atoms with Crippen LogP contribution >= 0.6 is 50.7 Å². The van der Waals surface area contributed by atoms with Crippen molar-refractivity contribution in [1.82, 2.24) is 10.0 Å². The Morgan fingerprint density at radius 1 is 1.12 bits per heavy atom. The summed E-state index contributed by atoms with van der Waals surface area (Å²) in [5, 5.41) is 2.26. The second-order valence-electron chi connectivity index (χ2n) is 5.34. The van der Waals surface area contributed by atoms with Gasteiger partial charge in [0.2, 0.25) is 10.0 Å². The van der Waals surface area contributed by atoms with Crippen molar-refractivity contribution >= 4 is 76.5 Å². The van der Waals surface area contributed by atoms with Gasteiger partial charge in [-0.2, -0.15) is 0 Å². The summed E-state index contributed by atoms with van der Waals surface area (Å²) in [7, 11) is -7.58. The summed E-state index contributed by atoms with van der Waals surface area (Å²) in [6, 6.07) is 3.62. The number of carbonyl (C=O) groups excluding carboxylic acids is 1. The van der Waals surface area contributed by atoms with Crippen LogP contribution in [0.3, 0.4) is 0 Å². The topological polar surface area (TPSA) is 109 Å². The summed E-state index contributed by atoms with van der Waals surface area (Å²) < 4.78 is 49.2. The number of hydrogen-bond donors (Lipinski definition) is 2. The molecule has 0 saturated carbocycles. The Kier molecular flexibility index (Phi) is 6.35. The van der Waals surface area contributed by atoms with E-state index < -0.39 is 53.1 Å². The highest BCUT2D eigenvalue weighted by molar-refractivity contribution is 9.10. The first-order valence-electron chi connectivity index (χ1n) is 6.66. The molecule has 1 aliphatic heterocycles. The van der Waals surface area contributed by atoms with Gasteiger partial charge >= 0.3 is 0 Å². The number of amides is 1. The maximum absolute atomic E-state index is 12.4. The maximum Gasteiger partial charge on any atom is 0.272 e. The smallest absolute Gasteiger partial charge is 0.272 e. The van der Waals surface area contributed by atoms with Crippen LogP contribution in [-0.4, -0.2) is 50.1 Å². The molecule has 0 spiro atoms. The molecule has 140 valence electrons. The Morgan fingerprint density at radius 3 is 2.16 bits per heavy atom. The molecule has 13 heteroatoms. The van der Waals surface area contributed by atoms with E-state index in [1.165, 1.54) is 24.3 Å². The predicted molar refractivity (Wildman–Crippen MR) is 99.1 cm³/mol. The van der Waals surface area contributed by atoms with Crippen LogP contribution in [0.15, 0.2) is 33.6 Å². The van der Waals surface area contributed by atoms with Gasteiger partial charge < -0.3 is 5.32 Å². The van der Waals surface area contributed by atoms with Gasteiger partial charge in [0.25, 0.3) is 9.70 Å². The number of alkyl halides is 3. The third-order valence-electron chi connectivity index (χ3n) is 3.36. The van der Waals surface area contributed by atoms with Crippen LogP contribution in [-0.2, 0) is 24.7 Å². The molecule has 1 aromatic carbocycles. The third-order valence-corrected chi connectivity index (χ3v) is 7.64. The molecule has 1 amide bonds. The second kappa shape index (κ2) is 7.49. The van der Waals surface area contributed by atoms with E-state index in [-0.39, 0.29) is 4.90 Å². The third kappa shape index (κ3) is 5.69. The lowest BCUT2D eigenvalue weighted by Gasteiger charge is -2.22. The van der Waals surface area contributed by atoms with Gasteiger partial charge in [-0.15, -0.1) is 0 Å². The van der Waals surface area contributed by atoms with Gasteiger partial charge in [0, 0.05) is 4.47 Å². The molecule has 1 saturated heterocycles. The van der Waals surface area contributed by atoms with E-state index in [4.69, 9.17) is 34.8 Å². The Morgan fingerprint density at radius 2 is 1.64 bits per heavy atom. The number of carbonyl (C=O) groups is 1. The van der Waals surface area contributed by atoms with E-state index in [0.717, 1.165) is 0 Å². The van der Waals surface area contributed by atoms with Crippen molar-refractivity contribution in [1.29, 1.82) is 0 Å². The van der Waals surface area contributed by atoms with E-state index in [9.17, 15) is 21.6 Å². The van der Waals surface area contributed by atoms with Gasteiger partial charge in [0.15, 0.2) is 9.84 Å². The lowest BCUT2D eigenvalue weighted by atomic mass is 10.2. The highest BCUT2D eigenvalue weighted by atomic mass is 79.9. The van der Waals surface area contributed by atoms with Crippen LogP contribution in [0.2, 0.25) is 0 Å². The van der Waals surface area contributed by atoms with E-state index >= 15 is 0 Å². The van der Waals surface area contributed by atoms with E-state index in [1.54, 1.807) is 0 Å². The predicted octanol–water partition coefficient (Wildman–Crippen LogP) is 1.38. The van der Waals surface area contributed by atoms with Crippen LogP contribution in [0.4, 0.5) is 0 Å². The number of nitrogens with one attached hydrogen (secondary N) is 2. The van der Waals surface area contributed by atoms with Crippen molar-refractivity contribution in [2.24, 2.45) is 0 Å².